The number of hydrogen-bond donors (Lipinski definition) is 0. The lowest BCUT2D eigenvalue weighted by Crippen LogP contribution is -1.90. The van der Waals surface area contributed by atoms with E-state index in [1.165, 1.54) is 0 Å². The van der Waals surface area contributed by atoms with Crippen LogP contribution in [0.25, 0.3) is 10.9 Å². The predicted molar refractivity (Wildman–Crippen MR) is 68.4 cm³/mol. The van der Waals surface area contributed by atoms with Crippen LogP contribution in [0.3, 0.4) is 0 Å². The van der Waals surface area contributed by atoms with Crippen LogP contribution in [0.4, 0.5) is 0 Å². The van der Waals surface area contributed by atoms with Crippen LogP contribution in [0.15, 0.2) is 28.7 Å². The van der Waals surface area contributed by atoms with Crippen LogP contribution in [0.1, 0.15) is 12.0 Å². The fraction of sp³-hybridized carbons (Fsp3) is 0.167. The zero-order valence-corrected chi connectivity index (χ0v) is 10.7. The minimum atomic E-state index is 0.462. The zero-order chi connectivity index (χ0) is 11.5. The lowest BCUT2D eigenvalue weighted by atomic mass is 10.1. The van der Waals surface area contributed by atoms with Gasteiger partial charge in [-0.05, 0) is 30.2 Å². The molecule has 0 amide bonds. The van der Waals surface area contributed by atoms with Crippen molar-refractivity contribution >= 4 is 38.4 Å². The number of nitriles is 1. The molecule has 0 radical (unpaired) electrons. The fourth-order valence-corrected chi connectivity index (χ4v) is 2.12. The number of nitrogens with zero attached hydrogens (tertiary/aromatic N) is 2. The zero-order valence-electron chi connectivity index (χ0n) is 8.37. The molecule has 1 aromatic heterocycles. The smallest absolute Gasteiger partial charge is 0.133 e. The van der Waals surface area contributed by atoms with Gasteiger partial charge in [0.1, 0.15) is 5.15 Å². The third-order valence-electron chi connectivity index (χ3n) is 2.31. The van der Waals surface area contributed by atoms with Crippen molar-refractivity contribution in [2.75, 3.05) is 0 Å². The molecule has 0 aliphatic carbocycles. The van der Waals surface area contributed by atoms with E-state index in [0.717, 1.165) is 20.9 Å². The second kappa shape index (κ2) is 4.82. The normalized spacial score (nSPS) is 10.3. The van der Waals surface area contributed by atoms with Crippen molar-refractivity contribution in [2.45, 2.75) is 12.8 Å². The molecular weight excluding hydrogens is 288 g/mol. The quantitative estimate of drug-likeness (QED) is 0.782. The molecule has 4 heteroatoms. The Morgan fingerprint density at radius 3 is 2.94 bits per heavy atom. The molecule has 0 saturated heterocycles. The third-order valence-corrected chi connectivity index (χ3v) is 3.13. The number of benzene rings is 1. The maximum atomic E-state index is 8.55. The molecule has 0 aliphatic rings. The molecule has 2 aromatic rings. The van der Waals surface area contributed by atoms with Gasteiger partial charge in [0.05, 0.1) is 11.6 Å². The monoisotopic (exact) mass is 294 g/mol. The minimum absolute atomic E-state index is 0.462. The summed E-state index contributed by atoms with van der Waals surface area (Å²) in [6, 6.07) is 9.98. The van der Waals surface area contributed by atoms with E-state index in [2.05, 4.69) is 27.0 Å². The highest BCUT2D eigenvalue weighted by Crippen LogP contribution is 2.24. The first-order valence-corrected chi connectivity index (χ1v) is 5.99. The molecule has 80 valence electrons. The molecule has 0 fully saturated rings. The Kier molecular flexibility index (Phi) is 3.42. The first-order valence-electron chi connectivity index (χ1n) is 4.82. The van der Waals surface area contributed by atoms with Gasteiger partial charge in [0.15, 0.2) is 0 Å². The van der Waals surface area contributed by atoms with E-state index in [0.29, 0.717) is 18.0 Å². The van der Waals surface area contributed by atoms with Crippen LogP contribution in [-0.2, 0) is 6.42 Å². The summed E-state index contributed by atoms with van der Waals surface area (Å²) in [5.41, 5.74) is 1.79. The Balaban J connectivity index is 2.50. The lowest BCUT2D eigenvalue weighted by molar-refractivity contribution is 1.00. The van der Waals surface area contributed by atoms with E-state index in [1.54, 1.807) is 0 Å². The Morgan fingerprint density at radius 1 is 1.38 bits per heavy atom. The summed E-state index contributed by atoms with van der Waals surface area (Å²) in [5.74, 6) is 0. The number of halogens is 2. The third kappa shape index (κ3) is 2.34. The van der Waals surface area contributed by atoms with Crippen molar-refractivity contribution in [1.82, 2.24) is 4.98 Å². The first kappa shape index (κ1) is 11.4. The van der Waals surface area contributed by atoms with Gasteiger partial charge >= 0.3 is 0 Å². The molecule has 16 heavy (non-hydrogen) atoms. The van der Waals surface area contributed by atoms with Gasteiger partial charge in [-0.2, -0.15) is 5.26 Å². The number of hydrogen-bond acceptors (Lipinski definition) is 2. The van der Waals surface area contributed by atoms with E-state index in [9.17, 15) is 0 Å². The van der Waals surface area contributed by atoms with Crippen LogP contribution in [0, 0.1) is 11.3 Å². The summed E-state index contributed by atoms with van der Waals surface area (Å²) < 4.78 is 0.980. The van der Waals surface area contributed by atoms with Crippen LogP contribution in [-0.4, -0.2) is 4.98 Å². The topological polar surface area (TPSA) is 36.7 Å². The Morgan fingerprint density at radius 2 is 2.19 bits per heavy atom. The van der Waals surface area contributed by atoms with E-state index >= 15 is 0 Å². The second-order valence-electron chi connectivity index (χ2n) is 3.43. The highest BCUT2D eigenvalue weighted by atomic mass is 79.9. The van der Waals surface area contributed by atoms with Crippen molar-refractivity contribution in [3.63, 3.8) is 0 Å². The van der Waals surface area contributed by atoms with E-state index in [1.807, 2.05) is 24.3 Å². The second-order valence-corrected chi connectivity index (χ2v) is 4.71. The van der Waals surface area contributed by atoms with Gasteiger partial charge in [0.2, 0.25) is 0 Å². The molecule has 0 saturated carbocycles. The van der Waals surface area contributed by atoms with Crippen LogP contribution < -0.4 is 0 Å². The van der Waals surface area contributed by atoms with E-state index in [4.69, 9.17) is 16.9 Å². The Bertz CT molecular complexity index is 575. The van der Waals surface area contributed by atoms with Gasteiger partial charge in [-0.25, -0.2) is 4.98 Å². The largest absolute Gasteiger partial charge is 0.236 e. The van der Waals surface area contributed by atoms with Gasteiger partial charge < -0.3 is 0 Å². The summed E-state index contributed by atoms with van der Waals surface area (Å²) >= 11 is 9.45. The van der Waals surface area contributed by atoms with Gasteiger partial charge in [-0.1, -0.05) is 33.6 Å². The summed E-state index contributed by atoms with van der Waals surface area (Å²) in [7, 11) is 0. The minimum Gasteiger partial charge on any atom is -0.236 e. The predicted octanol–water partition coefficient (Wildman–Crippen LogP) is 4.11. The van der Waals surface area contributed by atoms with Crippen LogP contribution in [0.5, 0.6) is 0 Å². The number of rotatable bonds is 2. The maximum absolute atomic E-state index is 8.55. The number of fused-ring (bicyclic) bond motifs is 1. The van der Waals surface area contributed by atoms with Crippen molar-refractivity contribution in [3.05, 3.63) is 39.5 Å². The van der Waals surface area contributed by atoms with Gasteiger partial charge in [-0.15, -0.1) is 0 Å². The Hall–Kier alpha value is -1.11. The van der Waals surface area contributed by atoms with E-state index < -0.39 is 0 Å². The van der Waals surface area contributed by atoms with Gasteiger partial charge in [-0.3, -0.25) is 0 Å². The lowest BCUT2D eigenvalue weighted by Gasteiger charge is -2.04. The molecule has 0 aliphatic heterocycles. The maximum Gasteiger partial charge on any atom is 0.133 e. The molecule has 2 rings (SSSR count). The van der Waals surface area contributed by atoms with Gasteiger partial charge in [0, 0.05) is 16.3 Å². The first-order chi connectivity index (χ1) is 7.70. The van der Waals surface area contributed by atoms with Crippen molar-refractivity contribution < 1.29 is 0 Å². The molecule has 0 unspecified atom stereocenters. The molecule has 2 nitrogen and oxygen atoms in total. The molecule has 0 spiro atoms. The standard InChI is InChI=1S/C12H8BrClN2/c13-10-4-3-8-6-9(2-1-5-15)12(14)16-11(8)7-10/h3-4,6-7H,1-2H2. The number of aromatic nitrogens is 1. The van der Waals surface area contributed by atoms with E-state index in [-0.39, 0.29) is 0 Å². The summed E-state index contributed by atoms with van der Waals surface area (Å²) in [6.07, 6.45) is 1.11. The summed E-state index contributed by atoms with van der Waals surface area (Å²) in [6.45, 7) is 0. The molecule has 1 heterocycles. The Labute approximate surface area is 107 Å². The van der Waals surface area contributed by atoms with Gasteiger partial charge in [0.25, 0.3) is 0 Å². The molecular formula is C12H8BrClN2. The van der Waals surface area contributed by atoms with Crippen molar-refractivity contribution in [3.8, 4) is 6.07 Å². The molecule has 1 aromatic carbocycles. The van der Waals surface area contributed by atoms with Crippen LogP contribution >= 0.6 is 27.5 Å². The fourth-order valence-electron chi connectivity index (χ4n) is 1.53. The highest BCUT2D eigenvalue weighted by Gasteiger charge is 2.05. The van der Waals surface area contributed by atoms with Crippen LogP contribution in [0.2, 0.25) is 5.15 Å². The number of aryl methyl sites for hydroxylation is 1. The van der Waals surface area contributed by atoms with Crippen molar-refractivity contribution in [2.24, 2.45) is 0 Å². The van der Waals surface area contributed by atoms with Crippen molar-refractivity contribution in [1.29, 1.82) is 5.26 Å². The average Bonchev–Trinajstić information content (AvgIpc) is 2.26. The SMILES string of the molecule is N#CCCc1cc2ccc(Br)cc2nc1Cl. The summed E-state index contributed by atoms with van der Waals surface area (Å²) in [4.78, 5) is 4.32. The molecule has 0 N–H and O–H groups in total. The summed E-state index contributed by atoms with van der Waals surface area (Å²) in [5, 5.41) is 10.1. The molecule has 0 atom stereocenters. The molecule has 0 bridgehead atoms. The highest BCUT2D eigenvalue weighted by molar-refractivity contribution is 9.10. The average molecular weight is 296 g/mol. The number of pyridine rings is 1.